The van der Waals surface area contributed by atoms with Gasteiger partial charge in [0.1, 0.15) is 11.9 Å². The second-order valence-electron chi connectivity index (χ2n) is 5.80. The Hall–Kier alpha value is -1.64. The molecule has 0 bridgehead atoms. The Labute approximate surface area is 120 Å². The smallest absolute Gasteiger partial charge is 0.338 e. The molecule has 0 N–H and O–H groups in total. The highest BCUT2D eigenvalue weighted by molar-refractivity contribution is 5.90. The number of hydrogen-bond acceptors (Lipinski definition) is 3. The summed E-state index contributed by atoms with van der Waals surface area (Å²) in [6, 6.07) is 8.96. The van der Waals surface area contributed by atoms with Gasteiger partial charge in [0, 0.05) is 6.42 Å². The van der Waals surface area contributed by atoms with E-state index in [1.165, 1.54) is 0 Å². The van der Waals surface area contributed by atoms with E-state index in [0.717, 1.165) is 19.3 Å². The average molecular weight is 274 g/mol. The van der Waals surface area contributed by atoms with E-state index in [9.17, 15) is 9.59 Å². The minimum atomic E-state index is -0.331. The lowest BCUT2D eigenvalue weighted by atomic mass is 9.80. The Bertz CT molecular complexity index is 464. The van der Waals surface area contributed by atoms with Gasteiger partial charge in [0.05, 0.1) is 11.5 Å². The van der Waals surface area contributed by atoms with Crippen molar-refractivity contribution in [2.75, 3.05) is 0 Å². The molecule has 1 aliphatic rings. The number of rotatable bonds is 4. The van der Waals surface area contributed by atoms with Crippen molar-refractivity contribution in [1.82, 2.24) is 0 Å². The van der Waals surface area contributed by atoms with Gasteiger partial charge in [-0.05, 0) is 30.9 Å². The molecule has 0 amide bonds. The Morgan fingerprint density at radius 1 is 1.20 bits per heavy atom. The van der Waals surface area contributed by atoms with Gasteiger partial charge < -0.3 is 4.74 Å². The Balaban J connectivity index is 2.09. The van der Waals surface area contributed by atoms with Gasteiger partial charge in [-0.25, -0.2) is 4.79 Å². The first-order chi connectivity index (χ1) is 9.59. The highest BCUT2D eigenvalue weighted by Crippen LogP contribution is 2.29. The number of carbonyl (C=O) groups is 2. The van der Waals surface area contributed by atoms with Crippen LogP contribution >= 0.6 is 0 Å². The third-order valence-corrected chi connectivity index (χ3v) is 3.91. The average Bonchev–Trinajstić information content (AvgIpc) is 2.46. The summed E-state index contributed by atoms with van der Waals surface area (Å²) < 4.78 is 5.65. The molecule has 2 atom stereocenters. The van der Waals surface area contributed by atoms with Gasteiger partial charge in [0.25, 0.3) is 0 Å². The third kappa shape index (κ3) is 3.47. The molecule has 20 heavy (non-hydrogen) atoms. The fourth-order valence-corrected chi connectivity index (χ4v) is 2.81. The maximum absolute atomic E-state index is 12.2. The van der Waals surface area contributed by atoms with E-state index in [2.05, 4.69) is 0 Å². The van der Waals surface area contributed by atoms with E-state index < -0.39 is 0 Å². The molecule has 0 radical (unpaired) electrons. The van der Waals surface area contributed by atoms with E-state index in [1.54, 1.807) is 12.1 Å². The second-order valence-corrected chi connectivity index (χ2v) is 5.80. The molecule has 0 heterocycles. The standard InChI is InChI=1S/C17H22O3/c1-12(2)16(14-10-6-7-11-15(14)18)20-17(19)13-8-4-3-5-9-13/h3-5,8-9,12,14,16H,6-7,10-11H2,1-2H3. The van der Waals surface area contributed by atoms with Crippen molar-refractivity contribution in [3.05, 3.63) is 35.9 Å². The third-order valence-electron chi connectivity index (χ3n) is 3.91. The molecule has 1 aromatic carbocycles. The van der Waals surface area contributed by atoms with E-state index >= 15 is 0 Å². The normalized spacial score (nSPS) is 20.8. The largest absolute Gasteiger partial charge is 0.458 e. The predicted octanol–water partition coefficient (Wildman–Crippen LogP) is 3.63. The second kappa shape index (κ2) is 6.69. The Morgan fingerprint density at radius 2 is 1.90 bits per heavy atom. The first kappa shape index (κ1) is 14.8. The number of Topliss-reactive ketones (excluding diaryl/α,β-unsaturated/α-hetero) is 1. The number of ether oxygens (including phenoxy) is 1. The zero-order valence-corrected chi connectivity index (χ0v) is 12.2. The SMILES string of the molecule is CC(C)C(OC(=O)c1ccccc1)C1CCCCC1=O. The minimum absolute atomic E-state index is 0.128. The monoisotopic (exact) mass is 274 g/mol. The van der Waals surface area contributed by atoms with Crippen molar-refractivity contribution in [2.45, 2.75) is 45.6 Å². The summed E-state index contributed by atoms with van der Waals surface area (Å²) >= 11 is 0. The lowest BCUT2D eigenvalue weighted by Crippen LogP contribution is -2.38. The summed E-state index contributed by atoms with van der Waals surface area (Å²) in [6.07, 6.45) is 3.16. The Morgan fingerprint density at radius 3 is 2.50 bits per heavy atom. The molecule has 0 spiro atoms. The lowest BCUT2D eigenvalue weighted by Gasteiger charge is -2.31. The molecular weight excluding hydrogens is 252 g/mol. The van der Waals surface area contributed by atoms with Crippen molar-refractivity contribution >= 4 is 11.8 Å². The van der Waals surface area contributed by atoms with E-state index in [0.29, 0.717) is 12.0 Å². The molecule has 2 rings (SSSR count). The van der Waals surface area contributed by atoms with Gasteiger partial charge in [-0.1, -0.05) is 38.5 Å². The van der Waals surface area contributed by atoms with Crippen LogP contribution in [0, 0.1) is 11.8 Å². The topological polar surface area (TPSA) is 43.4 Å². The first-order valence-corrected chi connectivity index (χ1v) is 7.38. The van der Waals surface area contributed by atoms with E-state index in [1.807, 2.05) is 32.0 Å². The van der Waals surface area contributed by atoms with Crippen molar-refractivity contribution in [1.29, 1.82) is 0 Å². The number of benzene rings is 1. The molecule has 108 valence electrons. The summed E-state index contributed by atoms with van der Waals surface area (Å²) in [5.41, 5.74) is 0.543. The van der Waals surface area contributed by atoms with Crippen LogP contribution in [0.4, 0.5) is 0 Å². The van der Waals surface area contributed by atoms with Crippen LogP contribution in [0.2, 0.25) is 0 Å². The van der Waals surface area contributed by atoms with Crippen molar-refractivity contribution < 1.29 is 14.3 Å². The quantitative estimate of drug-likeness (QED) is 0.787. The van der Waals surface area contributed by atoms with Crippen LogP contribution in [-0.4, -0.2) is 17.9 Å². The summed E-state index contributed by atoms with van der Waals surface area (Å²) in [6.45, 7) is 4.01. The summed E-state index contributed by atoms with van der Waals surface area (Å²) in [5.74, 6) is -0.0652. The van der Waals surface area contributed by atoms with Crippen LogP contribution in [0.1, 0.15) is 49.9 Å². The lowest BCUT2D eigenvalue weighted by molar-refractivity contribution is -0.130. The molecule has 1 aliphatic carbocycles. The number of hydrogen-bond donors (Lipinski definition) is 0. The molecule has 3 heteroatoms. The van der Waals surface area contributed by atoms with Gasteiger partial charge in [-0.15, -0.1) is 0 Å². The fraction of sp³-hybridized carbons (Fsp3) is 0.529. The molecule has 1 saturated carbocycles. The molecule has 0 saturated heterocycles. The first-order valence-electron chi connectivity index (χ1n) is 7.38. The maximum atomic E-state index is 12.2. The highest BCUT2D eigenvalue weighted by Gasteiger charge is 2.34. The summed E-state index contributed by atoms with van der Waals surface area (Å²) in [7, 11) is 0. The predicted molar refractivity (Wildman–Crippen MR) is 77.4 cm³/mol. The van der Waals surface area contributed by atoms with Crippen molar-refractivity contribution in [3.63, 3.8) is 0 Å². The van der Waals surface area contributed by atoms with Gasteiger partial charge in [-0.2, -0.15) is 0 Å². The molecule has 3 nitrogen and oxygen atoms in total. The molecule has 0 aromatic heterocycles. The molecule has 0 aliphatic heterocycles. The van der Waals surface area contributed by atoms with Crippen molar-refractivity contribution in [2.24, 2.45) is 11.8 Å². The highest BCUT2D eigenvalue weighted by atomic mass is 16.5. The summed E-state index contributed by atoms with van der Waals surface area (Å²) in [5, 5.41) is 0. The maximum Gasteiger partial charge on any atom is 0.338 e. The van der Waals surface area contributed by atoms with Gasteiger partial charge in [0.2, 0.25) is 0 Å². The molecular formula is C17H22O3. The summed E-state index contributed by atoms with van der Waals surface area (Å²) in [4.78, 5) is 24.2. The molecule has 1 aromatic rings. The fourth-order valence-electron chi connectivity index (χ4n) is 2.81. The van der Waals surface area contributed by atoms with Gasteiger partial charge >= 0.3 is 5.97 Å². The molecule has 2 unspecified atom stereocenters. The van der Waals surface area contributed by atoms with E-state index in [-0.39, 0.29) is 29.7 Å². The Kier molecular flexibility index (Phi) is 4.94. The van der Waals surface area contributed by atoms with Gasteiger partial charge in [0.15, 0.2) is 0 Å². The van der Waals surface area contributed by atoms with Crippen LogP contribution in [0.15, 0.2) is 30.3 Å². The molecule has 1 fully saturated rings. The zero-order chi connectivity index (χ0) is 14.5. The van der Waals surface area contributed by atoms with Crippen LogP contribution in [0.3, 0.4) is 0 Å². The minimum Gasteiger partial charge on any atom is -0.458 e. The van der Waals surface area contributed by atoms with Crippen molar-refractivity contribution in [3.8, 4) is 0 Å². The van der Waals surface area contributed by atoms with E-state index in [4.69, 9.17) is 4.74 Å². The van der Waals surface area contributed by atoms with Crippen LogP contribution in [0.25, 0.3) is 0 Å². The number of esters is 1. The number of ketones is 1. The van der Waals surface area contributed by atoms with Crippen LogP contribution < -0.4 is 0 Å². The van der Waals surface area contributed by atoms with Crippen LogP contribution in [-0.2, 0) is 9.53 Å². The van der Waals surface area contributed by atoms with Crippen LogP contribution in [0.5, 0.6) is 0 Å². The van der Waals surface area contributed by atoms with Gasteiger partial charge in [-0.3, -0.25) is 4.79 Å². The zero-order valence-electron chi connectivity index (χ0n) is 12.2. The number of carbonyl (C=O) groups excluding carboxylic acids is 2.